The molecule has 4 heteroatoms. The van der Waals surface area contributed by atoms with Gasteiger partial charge in [-0.3, -0.25) is 4.79 Å². The van der Waals surface area contributed by atoms with E-state index in [0.717, 1.165) is 5.56 Å². The second-order valence-electron chi connectivity index (χ2n) is 3.63. The topological polar surface area (TPSA) is 39.4 Å². The van der Waals surface area contributed by atoms with E-state index in [1.807, 2.05) is 19.1 Å². The van der Waals surface area contributed by atoms with Gasteiger partial charge in [-0.25, -0.2) is 0 Å². The Bertz CT molecular complexity index is 558. The third-order valence-electron chi connectivity index (χ3n) is 2.43. The van der Waals surface area contributed by atoms with Crippen molar-refractivity contribution < 1.29 is 13.9 Å². The predicted molar refractivity (Wildman–Crippen MR) is 67.6 cm³/mol. The van der Waals surface area contributed by atoms with Gasteiger partial charge in [0.1, 0.15) is 5.75 Å². The van der Waals surface area contributed by atoms with Crippen molar-refractivity contribution in [2.75, 3.05) is 7.11 Å². The van der Waals surface area contributed by atoms with Crippen molar-refractivity contribution >= 4 is 21.7 Å². The van der Waals surface area contributed by atoms with Gasteiger partial charge in [0.25, 0.3) is 0 Å². The molecule has 0 aliphatic carbocycles. The molecule has 0 bridgehead atoms. The zero-order valence-electron chi connectivity index (χ0n) is 9.49. The summed E-state index contributed by atoms with van der Waals surface area (Å²) in [7, 11) is 1.54. The van der Waals surface area contributed by atoms with Crippen LogP contribution in [0.2, 0.25) is 0 Å². The number of ketones is 1. The standard InChI is InChI=1S/C13H11BrO3/c1-8-3-4-9(11(7-8)16-2)12(15)13-10(14)5-6-17-13/h3-7H,1-2H3. The van der Waals surface area contributed by atoms with E-state index in [0.29, 0.717) is 15.8 Å². The predicted octanol–water partition coefficient (Wildman–Crippen LogP) is 3.59. The molecule has 1 heterocycles. The number of ether oxygens (including phenoxy) is 1. The third-order valence-corrected chi connectivity index (χ3v) is 3.05. The van der Waals surface area contributed by atoms with Crippen molar-refractivity contribution in [3.8, 4) is 5.75 Å². The van der Waals surface area contributed by atoms with Crippen molar-refractivity contribution in [1.29, 1.82) is 0 Å². The van der Waals surface area contributed by atoms with Crippen molar-refractivity contribution in [1.82, 2.24) is 0 Å². The van der Waals surface area contributed by atoms with E-state index in [9.17, 15) is 4.79 Å². The van der Waals surface area contributed by atoms with Gasteiger partial charge in [-0.05, 0) is 46.6 Å². The summed E-state index contributed by atoms with van der Waals surface area (Å²) >= 11 is 3.27. The van der Waals surface area contributed by atoms with Crippen molar-refractivity contribution in [3.05, 3.63) is 51.9 Å². The van der Waals surface area contributed by atoms with Gasteiger partial charge >= 0.3 is 0 Å². The molecule has 0 saturated carbocycles. The average Bonchev–Trinajstić information content (AvgIpc) is 2.74. The Morgan fingerprint density at radius 3 is 2.71 bits per heavy atom. The molecule has 0 spiro atoms. The molecule has 0 atom stereocenters. The zero-order valence-corrected chi connectivity index (χ0v) is 11.1. The van der Waals surface area contributed by atoms with Gasteiger partial charge in [-0.15, -0.1) is 0 Å². The van der Waals surface area contributed by atoms with Crippen molar-refractivity contribution in [2.24, 2.45) is 0 Å². The van der Waals surface area contributed by atoms with Crippen LogP contribution in [0, 0.1) is 6.92 Å². The van der Waals surface area contributed by atoms with Crippen LogP contribution in [0.4, 0.5) is 0 Å². The van der Waals surface area contributed by atoms with Crippen LogP contribution in [0.3, 0.4) is 0 Å². The fraction of sp³-hybridized carbons (Fsp3) is 0.154. The maximum absolute atomic E-state index is 12.2. The molecule has 0 radical (unpaired) electrons. The Morgan fingerprint density at radius 2 is 2.12 bits per heavy atom. The van der Waals surface area contributed by atoms with Gasteiger partial charge in [0.15, 0.2) is 5.76 Å². The lowest BCUT2D eigenvalue weighted by Gasteiger charge is -2.07. The van der Waals surface area contributed by atoms with E-state index in [2.05, 4.69) is 15.9 Å². The van der Waals surface area contributed by atoms with E-state index < -0.39 is 0 Å². The van der Waals surface area contributed by atoms with Gasteiger partial charge in [-0.1, -0.05) is 6.07 Å². The molecule has 2 aromatic rings. The van der Waals surface area contributed by atoms with Crippen LogP contribution in [-0.4, -0.2) is 12.9 Å². The van der Waals surface area contributed by atoms with Crippen LogP contribution in [0.5, 0.6) is 5.75 Å². The quantitative estimate of drug-likeness (QED) is 0.812. The Kier molecular flexibility index (Phi) is 3.33. The number of hydrogen-bond donors (Lipinski definition) is 0. The number of furan rings is 1. The first kappa shape index (κ1) is 11.9. The highest BCUT2D eigenvalue weighted by atomic mass is 79.9. The largest absolute Gasteiger partial charge is 0.496 e. The highest BCUT2D eigenvalue weighted by Crippen LogP contribution is 2.26. The number of rotatable bonds is 3. The molecule has 0 aliphatic rings. The number of benzene rings is 1. The maximum atomic E-state index is 12.2. The Hall–Kier alpha value is -1.55. The van der Waals surface area contributed by atoms with E-state index in [-0.39, 0.29) is 11.5 Å². The minimum atomic E-state index is -0.196. The van der Waals surface area contributed by atoms with Gasteiger partial charge in [0.2, 0.25) is 5.78 Å². The molecule has 0 unspecified atom stereocenters. The lowest BCUT2D eigenvalue weighted by Crippen LogP contribution is -2.03. The molecule has 17 heavy (non-hydrogen) atoms. The van der Waals surface area contributed by atoms with Crippen LogP contribution in [-0.2, 0) is 0 Å². The molecule has 1 aromatic carbocycles. The lowest BCUT2D eigenvalue weighted by molar-refractivity contribution is 0.100. The second kappa shape index (κ2) is 4.75. The minimum absolute atomic E-state index is 0.196. The van der Waals surface area contributed by atoms with Gasteiger partial charge in [0.05, 0.1) is 23.4 Å². The molecule has 0 fully saturated rings. The summed E-state index contributed by atoms with van der Waals surface area (Å²) in [4.78, 5) is 12.2. The highest BCUT2D eigenvalue weighted by molar-refractivity contribution is 9.10. The highest BCUT2D eigenvalue weighted by Gasteiger charge is 2.19. The normalized spacial score (nSPS) is 10.3. The first-order chi connectivity index (χ1) is 8.13. The Balaban J connectivity index is 2.48. The first-order valence-corrected chi connectivity index (χ1v) is 5.85. The van der Waals surface area contributed by atoms with Crippen molar-refractivity contribution in [3.63, 3.8) is 0 Å². The summed E-state index contributed by atoms with van der Waals surface area (Å²) in [6.07, 6.45) is 1.47. The van der Waals surface area contributed by atoms with Crippen LogP contribution >= 0.6 is 15.9 Å². The lowest BCUT2D eigenvalue weighted by atomic mass is 10.1. The fourth-order valence-electron chi connectivity index (χ4n) is 1.56. The summed E-state index contributed by atoms with van der Waals surface area (Å²) in [5.41, 5.74) is 1.53. The van der Waals surface area contributed by atoms with Gasteiger partial charge < -0.3 is 9.15 Å². The van der Waals surface area contributed by atoms with Crippen LogP contribution in [0.15, 0.2) is 39.4 Å². The molecule has 0 amide bonds. The number of carbonyl (C=O) groups excluding carboxylic acids is 1. The summed E-state index contributed by atoms with van der Waals surface area (Å²) in [5.74, 6) is 0.643. The Labute approximate surface area is 108 Å². The molecular formula is C13H11BrO3. The summed E-state index contributed by atoms with van der Waals surface area (Å²) in [6, 6.07) is 7.12. The first-order valence-electron chi connectivity index (χ1n) is 5.06. The van der Waals surface area contributed by atoms with Crippen LogP contribution in [0.25, 0.3) is 0 Å². The van der Waals surface area contributed by atoms with E-state index >= 15 is 0 Å². The van der Waals surface area contributed by atoms with Crippen LogP contribution < -0.4 is 4.74 Å². The molecular weight excluding hydrogens is 284 g/mol. The number of carbonyl (C=O) groups is 1. The zero-order chi connectivity index (χ0) is 12.4. The summed E-state index contributed by atoms with van der Waals surface area (Å²) < 4.78 is 11.0. The minimum Gasteiger partial charge on any atom is -0.496 e. The molecule has 0 aliphatic heterocycles. The fourth-order valence-corrected chi connectivity index (χ4v) is 1.95. The molecule has 0 N–H and O–H groups in total. The summed E-state index contributed by atoms with van der Waals surface area (Å²) in [6.45, 7) is 1.94. The second-order valence-corrected chi connectivity index (χ2v) is 4.48. The van der Waals surface area contributed by atoms with Crippen LogP contribution in [0.1, 0.15) is 21.7 Å². The van der Waals surface area contributed by atoms with E-state index in [1.54, 1.807) is 19.2 Å². The van der Waals surface area contributed by atoms with E-state index in [1.165, 1.54) is 6.26 Å². The van der Waals surface area contributed by atoms with Gasteiger partial charge in [-0.2, -0.15) is 0 Å². The Morgan fingerprint density at radius 1 is 1.35 bits per heavy atom. The van der Waals surface area contributed by atoms with Gasteiger partial charge in [0, 0.05) is 0 Å². The number of hydrogen-bond acceptors (Lipinski definition) is 3. The smallest absolute Gasteiger partial charge is 0.233 e. The number of methoxy groups -OCH3 is 1. The van der Waals surface area contributed by atoms with Crippen molar-refractivity contribution in [2.45, 2.75) is 6.92 Å². The maximum Gasteiger partial charge on any atom is 0.233 e. The molecule has 88 valence electrons. The number of halogens is 1. The molecule has 2 rings (SSSR count). The number of aryl methyl sites for hydroxylation is 1. The monoisotopic (exact) mass is 294 g/mol. The molecule has 1 aromatic heterocycles. The van der Waals surface area contributed by atoms with E-state index in [4.69, 9.17) is 9.15 Å². The molecule has 3 nitrogen and oxygen atoms in total. The average molecular weight is 295 g/mol. The SMILES string of the molecule is COc1cc(C)ccc1C(=O)c1occc1Br. The molecule has 0 saturated heterocycles. The summed E-state index contributed by atoms with van der Waals surface area (Å²) in [5, 5.41) is 0. The third kappa shape index (κ3) is 2.26.